The van der Waals surface area contributed by atoms with Gasteiger partial charge in [0.1, 0.15) is 5.75 Å². The van der Waals surface area contributed by atoms with Gasteiger partial charge in [-0.1, -0.05) is 18.2 Å². The van der Waals surface area contributed by atoms with E-state index >= 15 is 0 Å². The highest BCUT2D eigenvalue weighted by atomic mass is 32.7. The van der Waals surface area contributed by atoms with Crippen molar-refractivity contribution in [2.24, 2.45) is 0 Å². The molecule has 6 heteroatoms. The van der Waals surface area contributed by atoms with Crippen LogP contribution in [0.2, 0.25) is 0 Å². The van der Waals surface area contributed by atoms with Crippen molar-refractivity contribution in [2.75, 3.05) is 0 Å². The summed E-state index contributed by atoms with van der Waals surface area (Å²) in [6.45, 7) is -3.04. The van der Waals surface area contributed by atoms with Crippen molar-refractivity contribution in [2.45, 2.75) is 0 Å². The Morgan fingerprint density at radius 1 is 1.17 bits per heavy atom. The Hall–Kier alpha value is -0.930. The van der Waals surface area contributed by atoms with Gasteiger partial charge in [0, 0.05) is 0 Å². The van der Waals surface area contributed by atoms with Crippen LogP contribution in [0, 0.1) is 0 Å². The predicted molar refractivity (Wildman–Crippen MR) is 43.5 cm³/mol. The van der Waals surface area contributed by atoms with Crippen LogP contribution in [0.4, 0.5) is 0 Å². The molecule has 0 spiro atoms. The van der Waals surface area contributed by atoms with Gasteiger partial charge in [0.15, 0.2) is 0 Å². The van der Waals surface area contributed by atoms with Crippen molar-refractivity contribution >= 4 is 17.6 Å². The first kappa shape index (κ1) is 9.16. The second-order valence-electron chi connectivity index (χ2n) is 1.84. The highest BCUT2D eigenvalue weighted by molar-refractivity contribution is 8.35. The lowest BCUT2D eigenvalue weighted by atomic mass is 10.3. The van der Waals surface area contributed by atoms with E-state index in [9.17, 15) is 13.3 Å². The van der Waals surface area contributed by atoms with Crippen LogP contribution in [0.5, 0.6) is 5.75 Å². The van der Waals surface area contributed by atoms with Gasteiger partial charge in [-0.25, -0.2) is 9.13 Å². The predicted octanol–water partition coefficient (Wildman–Crippen LogP) is 1.82. The molecule has 1 aromatic rings. The fourth-order valence-corrected chi connectivity index (χ4v) is 1.37. The second kappa shape index (κ2) is 4.18. The monoisotopic (exact) mass is 204 g/mol. The van der Waals surface area contributed by atoms with Crippen molar-refractivity contribution in [1.29, 1.82) is 0 Å². The Bertz CT molecular complexity index is 338. The molecular weight excluding hydrogens is 199 g/mol. The minimum atomic E-state index is -3.04. The molecule has 1 unspecified atom stereocenters. The van der Waals surface area contributed by atoms with Crippen LogP contribution in [-0.2, 0) is 19.8 Å². The molecular formula is C6H5O4PS. The highest BCUT2D eigenvalue weighted by Gasteiger charge is 2.06. The van der Waals surface area contributed by atoms with Crippen LogP contribution < -0.4 is 4.18 Å². The third-order valence-corrected chi connectivity index (χ3v) is 2.56. The van der Waals surface area contributed by atoms with Crippen LogP contribution in [0.15, 0.2) is 30.3 Å². The van der Waals surface area contributed by atoms with Gasteiger partial charge in [-0.15, -0.1) is 0 Å². The zero-order chi connectivity index (χ0) is 8.97. The molecule has 0 saturated carbocycles. The molecule has 0 aliphatic heterocycles. The van der Waals surface area contributed by atoms with E-state index in [4.69, 9.17) is 0 Å². The van der Waals surface area contributed by atoms with Gasteiger partial charge in [-0.3, -0.25) is 0 Å². The van der Waals surface area contributed by atoms with E-state index in [1.54, 1.807) is 18.2 Å². The summed E-state index contributed by atoms with van der Waals surface area (Å²) in [5.74, 6) is 0.273. The minimum absolute atomic E-state index is 0.273. The standard InChI is InChI=1S/C6H5O4PS/c7-11(8)12(9)10-6-4-2-1-3-5-6/h1-5H. The van der Waals surface area contributed by atoms with Crippen molar-refractivity contribution in [1.82, 2.24) is 0 Å². The molecule has 0 N–H and O–H groups in total. The number of benzene rings is 1. The summed E-state index contributed by atoms with van der Waals surface area (Å²) in [4.78, 5) is 0. The number of hydrogen-bond donors (Lipinski definition) is 0. The SMILES string of the molecule is O=P(=O)S(=O)Oc1ccccc1. The summed E-state index contributed by atoms with van der Waals surface area (Å²) in [5, 5.41) is 0. The summed E-state index contributed by atoms with van der Waals surface area (Å²) < 4.78 is 35.4. The minimum Gasteiger partial charge on any atom is -0.390 e. The van der Waals surface area contributed by atoms with Gasteiger partial charge in [-0.05, 0) is 12.1 Å². The van der Waals surface area contributed by atoms with Crippen molar-refractivity contribution in [3.05, 3.63) is 30.3 Å². The first-order valence-corrected chi connectivity index (χ1v) is 5.85. The maximum atomic E-state index is 10.6. The molecule has 0 aromatic heterocycles. The second-order valence-corrected chi connectivity index (χ2v) is 4.67. The van der Waals surface area contributed by atoms with Crippen molar-refractivity contribution < 1.29 is 17.5 Å². The van der Waals surface area contributed by atoms with Crippen LogP contribution in [0.25, 0.3) is 0 Å². The summed E-state index contributed by atoms with van der Waals surface area (Å²) in [6.07, 6.45) is 0. The topological polar surface area (TPSA) is 60.4 Å². The maximum Gasteiger partial charge on any atom is 0.447 e. The van der Waals surface area contributed by atoms with Gasteiger partial charge in [0.25, 0.3) is 0 Å². The fourth-order valence-electron chi connectivity index (χ4n) is 0.589. The summed E-state index contributed by atoms with van der Waals surface area (Å²) in [7, 11) is -2.27. The van der Waals surface area contributed by atoms with Crippen molar-refractivity contribution in [3.63, 3.8) is 0 Å². The quantitative estimate of drug-likeness (QED) is 0.704. The lowest BCUT2D eigenvalue weighted by Gasteiger charge is -1.96. The average molecular weight is 204 g/mol. The van der Waals surface area contributed by atoms with E-state index in [0.29, 0.717) is 0 Å². The van der Waals surface area contributed by atoms with Crippen LogP contribution in [0.3, 0.4) is 0 Å². The van der Waals surface area contributed by atoms with E-state index in [-0.39, 0.29) is 5.75 Å². The maximum absolute atomic E-state index is 10.6. The first-order valence-electron chi connectivity index (χ1n) is 3.00. The van der Waals surface area contributed by atoms with E-state index in [2.05, 4.69) is 4.18 Å². The molecule has 64 valence electrons. The molecule has 0 aliphatic carbocycles. The molecule has 0 amide bonds. The lowest BCUT2D eigenvalue weighted by molar-refractivity contribution is 0.515. The van der Waals surface area contributed by atoms with Gasteiger partial charge >= 0.3 is 17.6 Å². The van der Waals surface area contributed by atoms with Crippen LogP contribution >= 0.6 is 6.88 Å². The number of hydrogen-bond acceptors (Lipinski definition) is 4. The Labute approximate surface area is 71.8 Å². The van der Waals surface area contributed by atoms with E-state index in [1.807, 2.05) is 0 Å². The number of para-hydroxylation sites is 1. The van der Waals surface area contributed by atoms with Crippen LogP contribution in [-0.4, -0.2) is 4.21 Å². The Morgan fingerprint density at radius 2 is 1.75 bits per heavy atom. The molecule has 4 nitrogen and oxygen atoms in total. The summed E-state index contributed by atoms with van der Waals surface area (Å²) in [5.41, 5.74) is 0. The Morgan fingerprint density at radius 3 is 2.25 bits per heavy atom. The largest absolute Gasteiger partial charge is 0.447 e. The van der Waals surface area contributed by atoms with E-state index in [1.165, 1.54) is 12.1 Å². The fraction of sp³-hybridized carbons (Fsp3) is 0. The summed E-state index contributed by atoms with van der Waals surface area (Å²) >= 11 is 0. The molecule has 0 heterocycles. The smallest absolute Gasteiger partial charge is 0.390 e. The molecule has 0 radical (unpaired) electrons. The highest BCUT2D eigenvalue weighted by Crippen LogP contribution is 2.17. The van der Waals surface area contributed by atoms with Crippen molar-refractivity contribution in [3.8, 4) is 5.75 Å². The molecule has 1 atom stereocenters. The third-order valence-electron chi connectivity index (χ3n) is 1.03. The summed E-state index contributed by atoms with van der Waals surface area (Å²) in [6, 6.07) is 8.11. The zero-order valence-electron chi connectivity index (χ0n) is 5.88. The zero-order valence-corrected chi connectivity index (χ0v) is 7.59. The molecule has 0 bridgehead atoms. The first-order chi connectivity index (χ1) is 5.70. The van der Waals surface area contributed by atoms with E-state index < -0.39 is 17.6 Å². The molecule has 1 aromatic carbocycles. The Balaban J connectivity index is 2.71. The van der Waals surface area contributed by atoms with Gasteiger partial charge < -0.3 is 4.18 Å². The molecule has 0 fully saturated rings. The van der Waals surface area contributed by atoms with Gasteiger partial charge in [0.2, 0.25) is 0 Å². The lowest BCUT2D eigenvalue weighted by Crippen LogP contribution is -1.91. The normalized spacial score (nSPS) is 12.0. The molecule has 0 saturated heterocycles. The Kier molecular flexibility index (Phi) is 3.19. The average Bonchev–Trinajstić information content (AvgIpc) is 2.06. The van der Waals surface area contributed by atoms with E-state index in [0.717, 1.165) is 0 Å². The number of rotatable bonds is 3. The molecule has 12 heavy (non-hydrogen) atoms. The van der Waals surface area contributed by atoms with Gasteiger partial charge in [-0.2, -0.15) is 4.21 Å². The third kappa shape index (κ3) is 2.60. The molecule has 1 rings (SSSR count). The van der Waals surface area contributed by atoms with Crippen LogP contribution in [0.1, 0.15) is 0 Å². The molecule has 0 aliphatic rings. The van der Waals surface area contributed by atoms with Gasteiger partial charge in [0.05, 0.1) is 0 Å².